The van der Waals surface area contributed by atoms with Gasteiger partial charge in [-0.2, -0.15) is 0 Å². The van der Waals surface area contributed by atoms with Crippen molar-refractivity contribution in [1.82, 2.24) is 4.90 Å². The van der Waals surface area contributed by atoms with E-state index in [4.69, 9.17) is 5.73 Å². The maximum Gasteiger partial charge on any atom is 0.0234 e. The van der Waals surface area contributed by atoms with Crippen LogP contribution < -0.4 is 5.73 Å². The maximum absolute atomic E-state index is 6.11. The molecule has 2 aliphatic rings. The Labute approximate surface area is 110 Å². The monoisotopic (exact) mass is 244 g/mol. The van der Waals surface area contributed by atoms with Crippen LogP contribution in [0.5, 0.6) is 0 Å². The third kappa shape index (κ3) is 2.19. The van der Waals surface area contributed by atoms with Crippen LogP contribution in [0.15, 0.2) is 30.3 Å². The summed E-state index contributed by atoms with van der Waals surface area (Å²) in [5, 5.41) is 0. The van der Waals surface area contributed by atoms with Gasteiger partial charge in [-0.1, -0.05) is 43.2 Å². The molecule has 1 aliphatic carbocycles. The Morgan fingerprint density at radius 2 is 2.06 bits per heavy atom. The van der Waals surface area contributed by atoms with Gasteiger partial charge in [0, 0.05) is 19.6 Å². The number of nitrogens with two attached hydrogens (primary N) is 1. The zero-order valence-electron chi connectivity index (χ0n) is 11.1. The second kappa shape index (κ2) is 5.02. The number of hydrogen-bond donors (Lipinski definition) is 1. The number of hydrogen-bond acceptors (Lipinski definition) is 2. The van der Waals surface area contributed by atoms with Gasteiger partial charge in [0.2, 0.25) is 0 Å². The zero-order chi connectivity index (χ0) is 12.4. The minimum absolute atomic E-state index is 0.438. The third-order valence-electron chi connectivity index (χ3n) is 5.02. The van der Waals surface area contributed by atoms with Gasteiger partial charge in [0.15, 0.2) is 0 Å². The Hall–Kier alpha value is -0.860. The third-order valence-corrected chi connectivity index (χ3v) is 5.02. The largest absolute Gasteiger partial charge is 0.330 e. The summed E-state index contributed by atoms with van der Waals surface area (Å²) in [5.41, 5.74) is 7.98. The van der Waals surface area contributed by atoms with Crippen molar-refractivity contribution in [2.24, 2.45) is 17.1 Å². The lowest BCUT2D eigenvalue weighted by Gasteiger charge is -2.37. The molecule has 0 spiro atoms. The molecule has 0 unspecified atom stereocenters. The van der Waals surface area contributed by atoms with Crippen LogP contribution >= 0.6 is 0 Å². The summed E-state index contributed by atoms with van der Waals surface area (Å²) in [6, 6.07) is 10.8. The molecule has 0 radical (unpaired) electrons. The minimum atomic E-state index is 0.438. The van der Waals surface area contributed by atoms with Gasteiger partial charge in [-0.05, 0) is 36.3 Å². The molecule has 0 bridgehead atoms. The molecule has 0 amide bonds. The van der Waals surface area contributed by atoms with E-state index in [9.17, 15) is 0 Å². The molecular weight excluding hydrogens is 220 g/mol. The smallest absolute Gasteiger partial charge is 0.0234 e. The highest BCUT2D eigenvalue weighted by Gasteiger charge is 2.46. The van der Waals surface area contributed by atoms with Gasteiger partial charge in [0.1, 0.15) is 0 Å². The van der Waals surface area contributed by atoms with Crippen molar-refractivity contribution < 1.29 is 0 Å². The van der Waals surface area contributed by atoms with E-state index in [0.717, 1.165) is 19.0 Å². The maximum atomic E-state index is 6.11. The molecule has 1 aromatic rings. The fourth-order valence-electron chi connectivity index (χ4n) is 3.99. The van der Waals surface area contributed by atoms with Crippen molar-refractivity contribution in [3.05, 3.63) is 35.9 Å². The fourth-order valence-corrected chi connectivity index (χ4v) is 3.99. The van der Waals surface area contributed by atoms with Gasteiger partial charge in [-0.25, -0.2) is 0 Å². The van der Waals surface area contributed by atoms with E-state index in [1.165, 1.54) is 44.3 Å². The number of fused-ring (bicyclic) bond motifs is 1. The highest BCUT2D eigenvalue weighted by Crippen LogP contribution is 2.46. The van der Waals surface area contributed by atoms with E-state index in [2.05, 4.69) is 35.2 Å². The zero-order valence-corrected chi connectivity index (χ0v) is 11.1. The molecule has 2 fully saturated rings. The molecule has 1 saturated heterocycles. The highest BCUT2D eigenvalue weighted by molar-refractivity contribution is 5.15. The molecule has 2 heteroatoms. The summed E-state index contributed by atoms with van der Waals surface area (Å²) >= 11 is 0. The minimum Gasteiger partial charge on any atom is -0.330 e. The van der Waals surface area contributed by atoms with Gasteiger partial charge in [-0.15, -0.1) is 0 Å². The van der Waals surface area contributed by atoms with Crippen LogP contribution in [0, 0.1) is 11.3 Å². The molecule has 1 heterocycles. The second-order valence-electron chi connectivity index (χ2n) is 6.16. The average Bonchev–Trinajstić information content (AvgIpc) is 2.78. The van der Waals surface area contributed by atoms with Crippen LogP contribution in [-0.2, 0) is 6.54 Å². The molecule has 1 aromatic carbocycles. The normalized spacial score (nSPS) is 32.4. The van der Waals surface area contributed by atoms with Gasteiger partial charge in [0.25, 0.3) is 0 Å². The van der Waals surface area contributed by atoms with Crippen molar-refractivity contribution in [3.63, 3.8) is 0 Å². The van der Waals surface area contributed by atoms with Crippen LogP contribution in [0.3, 0.4) is 0 Å². The number of rotatable bonds is 3. The first-order chi connectivity index (χ1) is 8.82. The first-order valence-corrected chi connectivity index (χ1v) is 7.29. The molecule has 2 atom stereocenters. The first-order valence-electron chi connectivity index (χ1n) is 7.29. The molecule has 2 nitrogen and oxygen atoms in total. The molecular formula is C16H24N2. The topological polar surface area (TPSA) is 29.3 Å². The van der Waals surface area contributed by atoms with Crippen LogP contribution in [0.2, 0.25) is 0 Å². The summed E-state index contributed by atoms with van der Waals surface area (Å²) in [6.45, 7) is 4.44. The second-order valence-corrected chi connectivity index (χ2v) is 6.16. The lowest BCUT2D eigenvalue weighted by Crippen LogP contribution is -2.40. The average molecular weight is 244 g/mol. The van der Waals surface area contributed by atoms with E-state index in [1.807, 2.05) is 0 Å². The quantitative estimate of drug-likeness (QED) is 0.885. The van der Waals surface area contributed by atoms with Crippen molar-refractivity contribution in [2.45, 2.75) is 32.2 Å². The lowest BCUT2D eigenvalue weighted by molar-refractivity contribution is 0.155. The Kier molecular flexibility index (Phi) is 3.40. The van der Waals surface area contributed by atoms with Crippen molar-refractivity contribution in [2.75, 3.05) is 19.6 Å². The molecule has 1 saturated carbocycles. The first kappa shape index (κ1) is 12.2. The molecule has 0 aromatic heterocycles. The molecule has 1 aliphatic heterocycles. The SMILES string of the molecule is NC[C@@]12CCCC[C@@H]1CN(Cc1ccccc1)C2. The molecule has 18 heavy (non-hydrogen) atoms. The van der Waals surface area contributed by atoms with Crippen molar-refractivity contribution in [3.8, 4) is 0 Å². The van der Waals surface area contributed by atoms with Crippen LogP contribution in [-0.4, -0.2) is 24.5 Å². The van der Waals surface area contributed by atoms with E-state index >= 15 is 0 Å². The van der Waals surface area contributed by atoms with Crippen molar-refractivity contribution in [1.29, 1.82) is 0 Å². The standard InChI is InChI=1S/C16H24N2/c17-12-16-9-5-4-8-15(16)11-18(13-16)10-14-6-2-1-3-7-14/h1-3,6-7,15H,4-5,8-13,17H2/t15-,16-/m1/s1. The number of benzene rings is 1. The van der Waals surface area contributed by atoms with E-state index in [-0.39, 0.29) is 0 Å². The Morgan fingerprint density at radius 3 is 2.78 bits per heavy atom. The van der Waals surface area contributed by atoms with E-state index < -0.39 is 0 Å². The van der Waals surface area contributed by atoms with E-state index in [0.29, 0.717) is 5.41 Å². The van der Waals surface area contributed by atoms with Gasteiger partial charge in [-0.3, -0.25) is 4.90 Å². The van der Waals surface area contributed by atoms with Crippen LogP contribution in [0.1, 0.15) is 31.2 Å². The molecule has 2 N–H and O–H groups in total. The Balaban J connectivity index is 1.70. The highest BCUT2D eigenvalue weighted by atomic mass is 15.2. The number of nitrogens with zero attached hydrogens (tertiary/aromatic N) is 1. The lowest BCUT2D eigenvalue weighted by atomic mass is 9.68. The molecule has 3 rings (SSSR count). The van der Waals surface area contributed by atoms with Crippen LogP contribution in [0.4, 0.5) is 0 Å². The summed E-state index contributed by atoms with van der Waals surface area (Å²) < 4.78 is 0. The van der Waals surface area contributed by atoms with Gasteiger partial charge in [0.05, 0.1) is 0 Å². The fraction of sp³-hybridized carbons (Fsp3) is 0.625. The van der Waals surface area contributed by atoms with Gasteiger partial charge >= 0.3 is 0 Å². The Bertz CT molecular complexity index is 389. The summed E-state index contributed by atoms with van der Waals surface area (Å²) in [7, 11) is 0. The summed E-state index contributed by atoms with van der Waals surface area (Å²) in [6.07, 6.45) is 5.53. The number of likely N-dealkylation sites (tertiary alicyclic amines) is 1. The predicted molar refractivity (Wildman–Crippen MR) is 75.2 cm³/mol. The van der Waals surface area contributed by atoms with Crippen LogP contribution in [0.25, 0.3) is 0 Å². The van der Waals surface area contributed by atoms with Gasteiger partial charge < -0.3 is 5.73 Å². The van der Waals surface area contributed by atoms with Crippen molar-refractivity contribution >= 4 is 0 Å². The Morgan fingerprint density at radius 1 is 1.22 bits per heavy atom. The predicted octanol–water partition coefficient (Wildman–Crippen LogP) is 2.64. The summed E-state index contributed by atoms with van der Waals surface area (Å²) in [4.78, 5) is 2.62. The van der Waals surface area contributed by atoms with E-state index in [1.54, 1.807) is 0 Å². The molecule has 98 valence electrons. The summed E-state index contributed by atoms with van der Waals surface area (Å²) in [5.74, 6) is 0.847.